The first kappa shape index (κ1) is 13.8. The zero-order chi connectivity index (χ0) is 13.8. The molecule has 0 atom stereocenters. The number of nitrogens with zero attached hydrogens (tertiary/aromatic N) is 1. The van der Waals surface area contributed by atoms with Crippen LogP contribution in [0.25, 0.3) is 0 Å². The minimum atomic E-state index is -0.346. The summed E-state index contributed by atoms with van der Waals surface area (Å²) in [6.45, 7) is -0.181. The second-order valence-electron chi connectivity index (χ2n) is 3.77. The van der Waals surface area contributed by atoms with Gasteiger partial charge in [-0.25, -0.2) is 0 Å². The maximum Gasteiger partial charge on any atom is 0.255 e. The number of pyridine rings is 1. The highest BCUT2D eigenvalue weighted by Gasteiger charge is 2.10. The zero-order valence-electron chi connectivity index (χ0n) is 9.73. The van der Waals surface area contributed by atoms with Crippen LogP contribution in [0.1, 0.15) is 15.9 Å². The van der Waals surface area contributed by atoms with E-state index < -0.39 is 0 Å². The van der Waals surface area contributed by atoms with Crippen molar-refractivity contribution in [3.8, 4) is 0 Å². The van der Waals surface area contributed by atoms with Crippen LogP contribution in [0.3, 0.4) is 0 Å². The first-order valence-corrected chi connectivity index (χ1v) is 6.17. The molecular formula is C13H10Cl2N2O2. The topological polar surface area (TPSA) is 62.2 Å². The van der Waals surface area contributed by atoms with Gasteiger partial charge in [0.15, 0.2) is 0 Å². The molecule has 0 bridgehead atoms. The van der Waals surface area contributed by atoms with E-state index in [0.29, 0.717) is 26.9 Å². The lowest BCUT2D eigenvalue weighted by atomic mass is 10.2. The third-order valence-corrected chi connectivity index (χ3v) is 3.25. The van der Waals surface area contributed by atoms with E-state index in [9.17, 15) is 4.79 Å². The average molecular weight is 297 g/mol. The Labute approximate surface area is 120 Å². The summed E-state index contributed by atoms with van der Waals surface area (Å²) in [5.74, 6) is -0.346. The predicted octanol–water partition coefficient (Wildman–Crippen LogP) is 3.13. The van der Waals surface area contributed by atoms with Crippen molar-refractivity contribution in [3.63, 3.8) is 0 Å². The summed E-state index contributed by atoms with van der Waals surface area (Å²) in [6, 6.07) is 6.23. The van der Waals surface area contributed by atoms with Gasteiger partial charge in [0.1, 0.15) is 0 Å². The number of carbonyl (C=O) groups excluding carboxylic acids is 1. The third kappa shape index (κ3) is 3.23. The van der Waals surface area contributed by atoms with Gasteiger partial charge in [0.05, 0.1) is 28.5 Å². The van der Waals surface area contributed by atoms with Gasteiger partial charge in [0, 0.05) is 17.3 Å². The number of rotatable bonds is 3. The highest BCUT2D eigenvalue weighted by molar-refractivity contribution is 6.42. The molecule has 0 radical (unpaired) electrons. The molecule has 0 unspecified atom stereocenters. The zero-order valence-corrected chi connectivity index (χ0v) is 11.2. The molecule has 0 aliphatic heterocycles. The first-order chi connectivity index (χ1) is 9.11. The lowest BCUT2D eigenvalue weighted by Gasteiger charge is -2.09. The van der Waals surface area contributed by atoms with Crippen LogP contribution in [0.15, 0.2) is 36.7 Å². The Hall–Kier alpha value is -1.62. The van der Waals surface area contributed by atoms with Crippen molar-refractivity contribution in [2.24, 2.45) is 0 Å². The monoisotopic (exact) mass is 296 g/mol. The number of halogens is 2. The van der Waals surface area contributed by atoms with Gasteiger partial charge in [-0.3, -0.25) is 9.78 Å². The van der Waals surface area contributed by atoms with Crippen LogP contribution in [0.5, 0.6) is 0 Å². The van der Waals surface area contributed by atoms with Crippen molar-refractivity contribution in [1.29, 1.82) is 0 Å². The van der Waals surface area contributed by atoms with Crippen molar-refractivity contribution >= 4 is 34.8 Å². The molecule has 0 saturated carbocycles. The van der Waals surface area contributed by atoms with Crippen LogP contribution in [-0.2, 0) is 6.61 Å². The second-order valence-corrected chi connectivity index (χ2v) is 4.59. The number of nitrogens with one attached hydrogen (secondary N) is 1. The quantitative estimate of drug-likeness (QED) is 0.915. The van der Waals surface area contributed by atoms with Crippen LogP contribution >= 0.6 is 23.2 Å². The average Bonchev–Trinajstić information content (AvgIpc) is 2.42. The molecule has 2 N–H and O–H groups in total. The summed E-state index contributed by atoms with van der Waals surface area (Å²) in [4.78, 5) is 15.9. The van der Waals surface area contributed by atoms with Crippen molar-refractivity contribution in [3.05, 3.63) is 57.8 Å². The lowest BCUT2D eigenvalue weighted by molar-refractivity contribution is 0.102. The van der Waals surface area contributed by atoms with Gasteiger partial charge in [-0.05, 0) is 24.3 Å². The van der Waals surface area contributed by atoms with E-state index in [1.807, 2.05) is 0 Å². The number of carbonyl (C=O) groups is 1. The molecule has 2 aromatic rings. The summed E-state index contributed by atoms with van der Waals surface area (Å²) in [7, 11) is 0. The van der Waals surface area contributed by atoms with Crippen LogP contribution in [0.4, 0.5) is 5.69 Å². The Balaban J connectivity index is 2.23. The van der Waals surface area contributed by atoms with Crippen molar-refractivity contribution in [1.82, 2.24) is 4.98 Å². The molecule has 4 nitrogen and oxygen atoms in total. The van der Waals surface area contributed by atoms with Crippen molar-refractivity contribution in [2.75, 3.05) is 5.32 Å². The Morgan fingerprint density at radius 3 is 2.74 bits per heavy atom. The second kappa shape index (κ2) is 6.02. The molecule has 0 fully saturated rings. The van der Waals surface area contributed by atoms with E-state index in [0.717, 1.165) is 0 Å². The summed E-state index contributed by atoms with van der Waals surface area (Å²) in [5, 5.41) is 12.5. The van der Waals surface area contributed by atoms with Crippen LogP contribution in [0, 0.1) is 0 Å². The van der Waals surface area contributed by atoms with Gasteiger partial charge in [-0.15, -0.1) is 0 Å². The number of amides is 1. The maximum atomic E-state index is 12.0. The number of aromatic nitrogens is 1. The Bertz CT molecular complexity index is 617. The number of aliphatic hydroxyl groups is 1. The van der Waals surface area contributed by atoms with Crippen LogP contribution in [0.2, 0.25) is 10.0 Å². The summed E-state index contributed by atoms with van der Waals surface area (Å²) >= 11 is 11.6. The highest BCUT2D eigenvalue weighted by atomic mass is 35.5. The third-order valence-electron chi connectivity index (χ3n) is 2.51. The van der Waals surface area contributed by atoms with Gasteiger partial charge in [0.25, 0.3) is 5.91 Å². The summed E-state index contributed by atoms with van der Waals surface area (Å²) < 4.78 is 0. The fraction of sp³-hybridized carbons (Fsp3) is 0.0769. The molecular weight excluding hydrogens is 287 g/mol. The number of anilines is 1. The molecule has 98 valence electrons. The number of aliphatic hydroxyl groups excluding tert-OH is 1. The molecule has 1 aromatic heterocycles. The largest absolute Gasteiger partial charge is 0.392 e. The fourth-order valence-corrected chi connectivity index (χ4v) is 1.80. The van der Waals surface area contributed by atoms with Gasteiger partial charge in [0.2, 0.25) is 0 Å². The van der Waals surface area contributed by atoms with E-state index in [-0.39, 0.29) is 12.5 Å². The van der Waals surface area contributed by atoms with E-state index in [1.54, 1.807) is 24.4 Å². The predicted molar refractivity (Wildman–Crippen MR) is 74.6 cm³/mol. The number of hydrogen-bond acceptors (Lipinski definition) is 3. The maximum absolute atomic E-state index is 12.0. The minimum Gasteiger partial charge on any atom is -0.392 e. The molecule has 19 heavy (non-hydrogen) atoms. The highest BCUT2D eigenvalue weighted by Crippen LogP contribution is 2.23. The summed E-state index contributed by atoms with van der Waals surface area (Å²) in [6.07, 6.45) is 3.02. The van der Waals surface area contributed by atoms with Crippen LogP contribution < -0.4 is 5.32 Å². The van der Waals surface area contributed by atoms with Gasteiger partial charge in [-0.2, -0.15) is 0 Å². The molecule has 0 aliphatic carbocycles. The molecule has 6 heteroatoms. The molecule has 0 spiro atoms. The SMILES string of the molecule is O=C(Nc1cnccc1CO)c1ccc(Cl)c(Cl)c1. The van der Waals surface area contributed by atoms with E-state index in [2.05, 4.69) is 10.3 Å². The van der Waals surface area contributed by atoms with Gasteiger partial charge in [-0.1, -0.05) is 23.2 Å². The van der Waals surface area contributed by atoms with Gasteiger partial charge >= 0.3 is 0 Å². The smallest absolute Gasteiger partial charge is 0.255 e. The molecule has 2 rings (SSSR count). The number of benzene rings is 1. The fourth-order valence-electron chi connectivity index (χ4n) is 1.51. The molecule has 0 saturated heterocycles. The molecule has 1 amide bonds. The Kier molecular flexibility index (Phi) is 4.37. The molecule has 1 heterocycles. The van der Waals surface area contributed by atoms with Crippen LogP contribution in [-0.4, -0.2) is 16.0 Å². The minimum absolute atomic E-state index is 0.181. The van der Waals surface area contributed by atoms with E-state index in [4.69, 9.17) is 28.3 Å². The lowest BCUT2D eigenvalue weighted by Crippen LogP contribution is -2.13. The van der Waals surface area contributed by atoms with E-state index >= 15 is 0 Å². The van der Waals surface area contributed by atoms with Crippen molar-refractivity contribution < 1.29 is 9.90 Å². The molecule has 0 aliphatic rings. The van der Waals surface area contributed by atoms with E-state index in [1.165, 1.54) is 12.3 Å². The van der Waals surface area contributed by atoms with Crippen molar-refractivity contribution in [2.45, 2.75) is 6.61 Å². The Morgan fingerprint density at radius 2 is 2.05 bits per heavy atom. The van der Waals surface area contributed by atoms with Gasteiger partial charge < -0.3 is 10.4 Å². The Morgan fingerprint density at radius 1 is 1.26 bits per heavy atom. The first-order valence-electron chi connectivity index (χ1n) is 5.42. The standard InChI is InChI=1S/C13H10Cl2N2O2/c14-10-2-1-8(5-11(10)15)13(19)17-12-6-16-4-3-9(12)7-18/h1-6,18H,7H2,(H,17,19). The number of hydrogen-bond donors (Lipinski definition) is 2. The summed E-state index contributed by atoms with van der Waals surface area (Å²) in [5.41, 5.74) is 1.42. The normalized spacial score (nSPS) is 10.3. The molecule has 1 aromatic carbocycles.